The third-order valence-corrected chi connectivity index (χ3v) is 3.25. The lowest BCUT2D eigenvalue weighted by Crippen LogP contribution is -2.49. The van der Waals surface area contributed by atoms with Crippen molar-refractivity contribution < 1.29 is 14.3 Å². The molecule has 128 valence electrons. The first-order valence-electron chi connectivity index (χ1n) is 7.98. The molecule has 6 heteroatoms. The van der Waals surface area contributed by atoms with Crippen LogP contribution in [0.15, 0.2) is 0 Å². The van der Waals surface area contributed by atoms with E-state index in [1.807, 2.05) is 6.07 Å². The minimum absolute atomic E-state index is 0.260. The Bertz CT molecular complexity index is 351. The van der Waals surface area contributed by atoms with Crippen molar-refractivity contribution in [3.8, 4) is 6.07 Å². The Hall–Kier alpha value is -1.32. The molecule has 0 N–H and O–H groups in total. The molecule has 1 amide bonds. The number of rotatable bonds is 3. The van der Waals surface area contributed by atoms with Crippen LogP contribution in [0, 0.1) is 11.3 Å². The third kappa shape index (κ3) is 8.20. The van der Waals surface area contributed by atoms with Gasteiger partial charge in [0.2, 0.25) is 0 Å². The van der Waals surface area contributed by atoms with E-state index in [4.69, 9.17) is 14.7 Å². The molecule has 1 heterocycles. The summed E-state index contributed by atoms with van der Waals surface area (Å²) in [5.74, 6) is 0. The lowest BCUT2D eigenvalue weighted by atomic mass is 10.2. The number of ether oxygens (including phenoxy) is 2. The van der Waals surface area contributed by atoms with Gasteiger partial charge < -0.3 is 14.4 Å². The van der Waals surface area contributed by atoms with Gasteiger partial charge >= 0.3 is 6.09 Å². The monoisotopic (exact) mass is 313 g/mol. The van der Waals surface area contributed by atoms with E-state index >= 15 is 0 Å². The van der Waals surface area contributed by atoms with E-state index < -0.39 is 17.7 Å². The van der Waals surface area contributed by atoms with Crippen molar-refractivity contribution in [2.24, 2.45) is 0 Å². The number of carbonyl (C=O) groups is 1. The predicted molar refractivity (Wildman–Crippen MR) is 86.6 cm³/mol. The summed E-state index contributed by atoms with van der Waals surface area (Å²) < 4.78 is 10.3. The van der Waals surface area contributed by atoms with Crippen molar-refractivity contribution in [2.45, 2.75) is 53.2 Å². The van der Waals surface area contributed by atoms with Gasteiger partial charge in [0.05, 0.1) is 19.3 Å². The molecule has 1 rings (SSSR count). The minimum atomic E-state index is -0.534. The molecule has 0 aromatic carbocycles. The van der Waals surface area contributed by atoms with Crippen molar-refractivity contribution in [1.29, 1.82) is 5.26 Å². The average Bonchev–Trinajstić information content (AvgIpc) is 2.48. The molecular weight excluding hydrogens is 282 g/mol. The number of carbonyl (C=O) groups excluding carboxylic acids is 1. The quantitative estimate of drug-likeness (QED) is 0.801. The van der Waals surface area contributed by atoms with Crippen LogP contribution in [0.25, 0.3) is 0 Å². The molecule has 0 saturated carbocycles. The highest BCUT2D eigenvalue weighted by Crippen LogP contribution is 2.13. The lowest BCUT2D eigenvalue weighted by molar-refractivity contribution is -0.0202. The van der Waals surface area contributed by atoms with E-state index in [1.165, 1.54) is 24.5 Å². The first-order chi connectivity index (χ1) is 10.3. The van der Waals surface area contributed by atoms with Gasteiger partial charge in [-0.15, -0.1) is 0 Å². The predicted octanol–water partition coefficient (Wildman–Crippen LogP) is 2.49. The molecule has 0 spiro atoms. The molecule has 22 heavy (non-hydrogen) atoms. The zero-order valence-electron chi connectivity index (χ0n) is 14.9. The van der Waals surface area contributed by atoms with Gasteiger partial charge in [-0.1, -0.05) is 20.8 Å². The fourth-order valence-corrected chi connectivity index (χ4v) is 1.92. The molecule has 1 aliphatic rings. The van der Waals surface area contributed by atoms with Crippen molar-refractivity contribution in [1.82, 2.24) is 9.80 Å². The SMILES string of the molecule is CC(C)(C)OC(=O)N1CCOCC1C#N.CCN(CC)CC. The summed E-state index contributed by atoms with van der Waals surface area (Å²) in [4.78, 5) is 15.5. The number of hydrogen-bond donors (Lipinski definition) is 0. The van der Waals surface area contributed by atoms with Gasteiger partial charge in [-0.05, 0) is 40.4 Å². The number of nitriles is 1. The summed E-state index contributed by atoms with van der Waals surface area (Å²) in [6.45, 7) is 16.6. The molecule has 0 bridgehead atoms. The van der Waals surface area contributed by atoms with Crippen molar-refractivity contribution in [3.05, 3.63) is 0 Å². The van der Waals surface area contributed by atoms with Crippen molar-refractivity contribution in [3.63, 3.8) is 0 Å². The summed E-state index contributed by atoms with van der Waals surface area (Å²) in [5.41, 5.74) is -0.532. The van der Waals surface area contributed by atoms with Gasteiger partial charge in [-0.25, -0.2) is 4.79 Å². The summed E-state index contributed by atoms with van der Waals surface area (Å²) in [6.07, 6.45) is -0.447. The number of nitrogens with zero attached hydrogens (tertiary/aromatic N) is 3. The number of hydrogen-bond acceptors (Lipinski definition) is 5. The van der Waals surface area contributed by atoms with Crippen LogP contribution >= 0.6 is 0 Å². The van der Waals surface area contributed by atoms with Crippen LogP contribution in [0.3, 0.4) is 0 Å². The highest BCUT2D eigenvalue weighted by Gasteiger charge is 2.30. The Morgan fingerprint density at radius 1 is 1.32 bits per heavy atom. The van der Waals surface area contributed by atoms with Crippen LogP contribution in [0.2, 0.25) is 0 Å². The van der Waals surface area contributed by atoms with Crippen LogP contribution in [-0.4, -0.2) is 66.9 Å². The van der Waals surface area contributed by atoms with Crippen LogP contribution in [0.1, 0.15) is 41.5 Å². The van der Waals surface area contributed by atoms with Crippen molar-refractivity contribution in [2.75, 3.05) is 39.4 Å². The fourth-order valence-electron chi connectivity index (χ4n) is 1.92. The Labute approximate surface area is 135 Å². The second-order valence-corrected chi connectivity index (χ2v) is 6.01. The molecule has 0 radical (unpaired) electrons. The lowest BCUT2D eigenvalue weighted by Gasteiger charge is -2.33. The Morgan fingerprint density at radius 3 is 2.23 bits per heavy atom. The number of amides is 1. The highest BCUT2D eigenvalue weighted by molar-refractivity contribution is 5.69. The smallest absolute Gasteiger partial charge is 0.411 e. The molecule has 0 aromatic rings. The van der Waals surface area contributed by atoms with Gasteiger partial charge in [0, 0.05) is 6.54 Å². The van der Waals surface area contributed by atoms with E-state index in [0.717, 1.165) is 0 Å². The van der Waals surface area contributed by atoms with Crippen LogP contribution < -0.4 is 0 Å². The summed E-state index contributed by atoms with van der Waals surface area (Å²) in [6, 6.07) is 1.49. The van der Waals surface area contributed by atoms with Gasteiger partial charge in [-0.3, -0.25) is 4.90 Å². The Kier molecular flexibility index (Phi) is 9.79. The first kappa shape index (κ1) is 20.7. The maximum atomic E-state index is 11.7. The van der Waals surface area contributed by atoms with Crippen molar-refractivity contribution >= 4 is 6.09 Å². The third-order valence-electron chi connectivity index (χ3n) is 3.25. The molecule has 1 unspecified atom stereocenters. The fraction of sp³-hybridized carbons (Fsp3) is 0.875. The van der Waals surface area contributed by atoms with E-state index in [0.29, 0.717) is 13.2 Å². The van der Waals surface area contributed by atoms with E-state index in [9.17, 15) is 4.79 Å². The summed E-state index contributed by atoms with van der Waals surface area (Å²) in [5, 5.41) is 8.83. The summed E-state index contributed by atoms with van der Waals surface area (Å²) >= 11 is 0. The van der Waals surface area contributed by atoms with Crippen LogP contribution in [-0.2, 0) is 9.47 Å². The first-order valence-corrected chi connectivity index (χ1v) is 7.98. The minimum Gasteiger partial charge on any atom is -0.444 e. The van der Waals surface area contributed by atoms with Gasteiger partial charge in [0.1, 0.15) is 11.6 Å². The largest absolute Gasteiger partial charge is 0.444 e. The maximum absolute atomic E-state index is 11.7. The second kappa shape index (κ2) is 10.4. The highest BCUT2D eigenvalue weighted by atomic mass is 16.6. The topological polar surface area (TPSA) is 65.8 Å². The maximum Gasteiger partial charge on any atom is 0.411 e. The standard InChI is InChI=1S/C10H16N2O3.C6H15N/c1-10(2,3)15-9(13)12-4-5-14-7-8(12)6-11;1-4-7(5-2)6-3/h8H,4-5,7H2,1-3H3;4-6H2,1-3H3. The molecule has 1 fully saturated rings. The molecule has 0 aliphatic carbocycles. The Balaban J connectivity index is 0.000000534. The van der Waals surface area contributed by atoms with Gasteiger partial charge in [0.15, 0.2) is 0 Å². The second-order valence-electron chi connectivity index (χ2n) is 6.01. The normalized spacial score (nSPS) is 18.3. The molecule has 1 aliphatic heterocycles. The van der Waals surface area contributed by atoms with E-state index in [-0.39, 0.29) is 6.61 Å². The number of morpholine rings is 1. The molecule has 6 nitrogen and oxygen atoms in total. The van der Waals surface area contributed by atoms with Gasteiger partial charge in [0.25, 0.3) is 0 Å². The summed E-state index contributed by atoms with van der Waals surface area (Å²) in [7, 11) is 0. The molecular formula is C16H31N3O3. The van der Waals surface area contributed by atoms with E-state index in [2.05, 4.69) is 25.7 Å². The van der Waals surface area contributed by atoms with E-state index in [1.54, 1.807) is 20.8 Å². The molecule has 1 saturated heterocycles. The zero-order chi connectivity index (χ0) is 17.2. The zero-order valence-corrected chi connectivity index (χ0v) is 14.9. The average molecular weight is 313 g/mol. The van der Waals surface area contributed by atoms with Gasteiger partial charge in [-0.2, -0.15) is 5.26 Å². The Morgan fingerprint density at radius 2 is 1.86 bits per heavy atom. The van der Waals surface area contributed by atoms with Crippen LogP contribution in [0.5, 0.6) is 0 Å². The molecule has 0 aromatic heterocycles. The molecule has 1 atom stereocenters. The van der Waals surface area contributed by atoms with Crippen LogP contribution in [0.4, 0.5) is 4.79 Å².